The summed E-state index contributed by atoms with van der Waals surface area (Å²) in [5.41, 5.74) is 0. The summed E-state index contributed by atoms with van der Waals surface area (Å²) in [5, 5.41) is 0. The Kier molecular flexibility index (Phi) is 1.58. The largest absolute Gasteiger partial charge is 0.559 e. The molecule has 0 aliphatic heterocycles. The molecule has 0 saturated heterocycles. The van der Waals surface area contributed by atoms with Gasteiger partial charge in [-0.15, -0.1) is 7.74 Å². The molecule has 0 bridgehead atoms. The van der Waals surface area contributed by atoms with E-state index in [-0.39, 0.29) is 0 Å². The molecule has 0 radical (unpaired) electrons. The van der Waals surface area contributed by atoms with Crippen LogP contribution in [0.2, 0.25) is 19.6 Å². The van der Waals surface area contributed by atoms with Gasteiger partial charge in [-0.2, -0.15) is 0 Å². The molecule has 0 heterocycles. The van der Waals surface area contributed by atoms with Crippen molar-refractivity contribution in [3.63, 3.8) is 0 Å². The van der Waals surface area contributed by atoms with Crippen LogP contribution in [0.1, 0.15) is 0 Å². The second-order valence-corrected chi connectivity index (χ2v) is 11.2. The van der Waals surface area contributed by atoms with Gasteiger partial charge in [-0.05, 0) is 0 Å². The fourth-order valence-corrected chi connectivity index (χ4v) is 0. The minimum Gasteiger partial charge on any atom is -0.559 e. The second-order valence-electron chi connectivity index (χ2n) is 2.25. The first-order chi connectivity index (χ1) is 2.00. The van der Waals surface area contributed by atoms with E-state index in [0.29, 0.717) is 0 Å². The monoisotopic (exact) mass is 105 g/mol. The van der Waals surface area contributed by atoms with E-state index < -0.39 is 7.74 Å². The molecule has 0 spiro atoms. The molecular formula is C3H10PSi-. The van der Waals surface area contributed by atoms with E-state index in [1.807, 2.05) is 0 Å². The van der Waals surface area contributed by atoms with Gasteiger partial charge in [0, 0.05) is 0 Å². The molecule has 0 fully saturated rings. The topological polar surface area (TPSA) is 0 Å². The third-order valence-electron chi connectivity index (χ3n) is 0. The van der Waals surface area contributed by atoms with Crippen molar-refractivity contribution >= 4 is 16.5 Å². The molecule has 0 nitrogen and oxygen atoms in total. The van der Waals surface area contributed by atoms with Crippen molar-refractivity contribution < 1.29 is 0 Å². The second kappa shape index (κ2) is 1.40. The maximum absolute atomic E-state index is 3.56. The number of hydrogen-bond acceptors (Lipinski definition) is 0. The summed E-state index contributed by atoms with van der Waals surface area (Å²) >= 11 is 0. The van der Waals surface area contributed by atoms with E-state index in [9.17, 15) is 0 Å². The van der Waals surface area contributed by atoms with Gasteiger partial charge in [0.15, 0.2) is 0 Å². The number of rotatable bonds is 0. The van der Waals surface area contributed by atoms with E-state index >= 15 is 0 Å². The zero-order valence-electron chi connectivity index (χ0n) is 4.00. The van der Waals surface area contributed by atoms with Crippen LogP contribution in [-0.4, -0.2) is 7.74 Å². The van der Waals surface area contributed by atoms with Crippen LogP contribution in [0, 0.1) is 0 Å². The third-order valence-corrected chi connectivity index (χ3v) is 0. The van der Waals surface area contributed by atoms with Crippen molar-refractivity contribution in [2.75, 3.05) is 0 Å². The van der Waals surface area contributed by atoms with Gasteiger partial charge in [0.25, 0.3) is 0 Å². The first-order valence-electron chi connectivity index (χ1n) is 1.75. The SMILES string of the molecule is C[Si](C)(C)[PH-]. The van der Waals surface area contributed by atoms with Crippen molar-refractivity contribution in [1.82, 2.24) is 0 Å². The average Bonchev–Trinajstić information content (AvgIpc) is 0.722. The Labute approximate surface area is 37.0 Å². The van der Waals surface area contributed by atoms with Crippen LogP contribution in [0.4, 0.5) is 0 Å². The van der Waals surface area contributed by atoms with Gasteiger partial charge in [0.2, 0.25) is 0 Å². The number of hydrogen-bond donors (Lipinski definition) is 0. The molecule has 5 heavy (non-hydrogen) atoms. The molecule has 0 N–H and O–H groups in total. The van der Waals surface area contributed by atoms with Crippen LogP contribution < -0.4 is 0 Å². The molecule has 0 aliphatic carbocycles. The molecule has 0 aromatic carbocycles. The third kappa shape index (κ3) is 77.8. The molecule has 0 atom stereocenters. The van der Waals surface area contributed by atoms with Gasteiger partial charge >= 0.3 is 0 Å². The Morgan fingerprint density at radius 2 is 1.20 bits per heavy atom. The highest BCUT2D eigenvalue weighted by atomic mass is 31.3. The lowest BCUT2D eigenvalue weighted by Gasteiger charge is -2.17. The molecule has 0 aromatic rings. The molecule has 0 saturated carbocycles. The first kappa shape index (κ1) is 5.65. The maximum atomic E-state index is 3.56. The highest BCUT2D eigenvalue weighted by Crippen LogP contribution is 2.07. The quantitative estimate of drug-likeness (QED) is 0.326. The molecule has 0 unspecified atom stereocenters. The first-order valence-corrected chi connectivity index (χ1v) is 6.75. The summed E-state index contributed by atoms with van der Waals surface area (Å²) in [7, 11) is 2.75. The van der Waals surface area contributed by atoms with E-state index in [0.717, 1.165) is 0 Å². The van der Waals surface area contributed by atoms with E-state index in [4.69, 9.17) is 0 Å². The Hall–Kier alpha value is 0.647. The summed E-state index contributed by atoms with van der Waals surface area (Å²) in [6, 6.07) is 0. The lowest BCUT2D eigenvalue weighted by atomic mass is 11.8. The van der Waals surface area contributed by atoms with Gasteiger partial charge in [0.1, 0.15) is 0 Å². The summed E-state index contributed by atoms with van der Waals surface area (Å²) in [4.78, 5) is 0. The lowest BCUT2D eigenvalue weighted by molar-refractivity contribution is 1.88. The minimum absolute atomic E-state index is 0.806. The fourth-order valence-electron chi connectivity index (χ4n) is 0. The minimum atomic E-state index is -0.806. The van der Waals surface area contributed by atoms with E-state index in [2.05, 4.69) is 28.4 Å². The van der Waals surface area contributed by atoms with Crippen molar-refractivity contribution in [3.8, 4) is 0 Å². The summed E-state index contributed by atoms with van der Waals surface area (Å²) in [6.07, 6.45) is 0. The van der Waals surface area contributed by atoms with Crippen LogP contribution in [0.15, 0.2) is 0 Å². The van der Waals surface area contributed by atoms with Crippen LogP contribution >= 0.6 is 8.79 Å². The van der Waals surface area contributed by atoms with Gasteiger partial charge in [0.05, 0.1) is 0 Å². The van der Waals surface area contributed by atoms with Crippen molar-refractivity contribution in [3.05, 3.63) is 0 Å². The Bertz CT molecular complexity index is 22.4. The van der Waals surface area contributed by atoms with E-state index in [1.54, 1.807) is 0 Å². The average molecular weight is 105 g/mol. The lowest BCUT2D eigenvalue weighted by Crippen LogP contribution is -2.05. The Balaban J connectivity index is 3.02. The molecule has 0 aromatic heterocycles. The van der Waals surface area contributed by atoms with Crippen molar-refractivity contribution in [1.29, 1.82) is 0 Å². The van der Waals surface area contributed by atoms with E-state index in [1.165, 1.54) is 0 Å². The fraction of sp³-hybridized carbons (Fsp3) is 1.00. The van der Waals surface area contributed by atoms with Crippen LogP contribution in [0.5, 0.6) is 0 Å². The highest BCUT2D eigenvalue weighted by molar-refractivity contribution is 7.68. The molecule has 32 valence electrons. The predicted octanol–water partition coefficient (Wildman–Crippen LogP) is 1.96. The zero-order chi connectivity index (χ0) is 4.50. The zero-order valence-corrected chi connectivity index (χ0v) is 6.00. The highest BCUT2D eigenvalue weighted by Gasteiger charge is 1.85. The Morgan fingerprint density at radius 3 is 1.20 bits per heavy atom. The Morgan fingerprint density at radius 1 is 1.20 bits per heavy atom. The van der Waals surface area contributed by atoms with Crippen LogP contribution in [-0.2, 0) is 0 Å². The molecule has 2 heteroatoms. The molecule has 0 amide bonds. The predicted molar refractivity (Wildman–Crippen MR) is 31.7 cm³/mol. The molecule has 0 rings (SSSR count). The summed E-state index contributed by atoms with van der Waals surface area (Å²) in [5.74, 6) is 0. The van der Waals surface area contributed by atoms with Crippen molar-refractivity contribution in [2.24, 2.45) is 0 Å². The molecule has 0 aliphatic rings. The molecular weight excluding hydrogens is 95.1 g/mol. The van der Waals surface area contributed by atoms with Gasteiger partial charge in [-0.25, -0.2) is 0 Å². The maximum Gasteiger partial charge on any atom is -0.0939 e. The summed E-state index contributed by atoms with van der Waals surface area (Å²) < 4.78 is 0. The normalized spacial score (nSPS) is 12.0. The summed E-state index contributed by atoms with van der Waals surface area (Å²) in [6.45, 7) is 6.72. The smallest absolute Gasteiger partial charge is 0.0939 e. The van der Waals surface area contributed by atoms with Crippen LogP contribution in [0.25, 0.3) is 0 Å². The standard InChI is InChI=1S/C3H10PSi/c1-5(2,3)4/h4H,1-3H3/q-1. The van der Waals surface area contributed by atoms with Gasteiger partial charge in [-0.3, -0.25) is 0 Å². The van der Waals surface area contributed by atoms with Gasteiger partial charge in [-0.1, -0.05) is 19.6 Å². The van der Waals surface area contributed by atoms with Crippen molar-refractivity contribution in [2.45, 2.75) is 19.6 Å². The van der Waals surface area contributed by atoms with Gasteiger partial charge < -0.3 is 8.79 Å². The van der Waals surface area contributed by atoms with Crippen LogP contribution in [0.3, 0.4) is 0 Å².